The minimum absolute atomic E-state index is 0.145. The van der Waals surface area contributed by atoms with Gasteiger partial charge in [-0.25, -0.2) is 4.39 Å². The molecule has 2 aromatic carbocycles. The molecule has 2 aliphatic heterocycles. The van der Waals surface area contributed by atoms with Gasteiger partial charge in [0.15, 0.2) is 0 Å². The van der Waals surface area contributed by atoms with Gasteiger partial charge in [-0.15, -0.1) is 0 Å². The van der Waals surface area contributed by atoms with Crippen LogP contribution < -0.4 is 0 Å². The van der Waals surface area contributed by atoms with Gasteiger partial charge in [0.05, 0.1) is 6.42 Å². The van der Waals surface area contributed by atoms with Crippen LogP contribution in [0.25, 0.3) is 0 Å². The molecule has 0 N–H and O–H groups in total. The van der Waals surface area contributed by atoms with Crippen molar-refractivity contribution in [1.29, 1.82) is 0 Å². The second kappa shape index (κ2) is 6.26. The van der Waals surface area contributed by atoms with Crippen molar-refractivity contribution in [2.45, 2.75) is 19.4 Å². The lowest BCUT2D eigenvalue weighted by molar-refractivity contribution is -0.162. The Kier molecular flexibility index (Phi) is 4.08. The van der Waals surface area contributed by atoms with Crippen molar-refractivity contribution in [1.82, 2.24) is 9.80 Å². The van der Waals surface area contributed by atoms with Crippen molar-refractivity contribution in [2.75, 3.05) is 26.2 Å². The lowest BCUT2D eigenvalue weighted by Crippen LogP contribution is -2.73. The quantitative estimate of drug-likeness (QED) is 0.854. The Morgan fingerprint density at radius 3 is 2.32 bits per heavy atom. The smallest absolute Gasteiger partial charge is 0.227 e. The van der Waals surface area contributed by atoms with Crippen LogP contribution in [0.15, 0.2) is 54.6 Å². The number of halogens is 1. The summed E-state index contributed by atoms with van der Waals surface area (Å²) < 4.78 is 12.9. The third-order valence-corrected chi connectivity index (χ3v) is 5.58. The third-order valence-electron chi connectivity index (χ3n) is 5.58. The fourth-order valence-electron chi connectivity index (χ4n) is 4.06. The molecule has 130 valence electrons. The average Bonchev–Trinajstić information content (AvgIpc) is 2.55. The highest BCUT2D eigenvalue weighted by Crippen LogP contribution is 2.43. The zero-order valence-corrected chi connectivity index (χ0v) is 14.5. The molecule has 1 unspecified atom stereocenters. The Labute approximate surface area is 148 Å². The highest BCUT2D eigenvalue weighted by molar-refractivity contribution is 5.79. The molecule has 2 heterocycles. The fraction of sp³-hybridized carbons (Fsp3) is 0.381. The molecule has 1 amide bonds. The molecule has 1 atom stereocenters. The van der Waals surface area contributed by atoms with Crippen molar-refractivity contribution >= 4 is 5.91 Å². The Hall–Kier alpha value is -2.20. The molecule has 2 aromatic rings. The van der Waals surface area contributed by atoms with E-state index in [0.29, 0.717) is 17.9 Å². The number of rotatable bonds is 4. The molecule has 2 saturated heterocycles. The molecular formula is C21H23FN2O. The molecule has 4 heteroatoms. The summed E-state index contributed by atoms with van der Waals surface area (Å²) in [4.78, 5) is 16.8. The molecule has 0 aromatic heterocycles. The van der Waals surface area contributed by atoms with E-state index in [9.17, 15) is 9.18 Å². The van der Waals surface area contributed by atoms with Crippen LogP contribution in [0.1, 0.15) is 24.1 Å². The van der Waals surface area contributed by atoms with E-state index in [1.165, 1.54) is 17.7 Å². The molecule has 2 fully saturated rings. The number of hydrogen-bond acceptors (Lipinski definition) is 2. The number of likely N-dealkylation sites (tertiary alicyclic amines) is 2. The van der Waals surface area contributed by atoms with E-state index in [2.05, 4.69) is 36.1 Å². The van der Waals surface area contributed by atoms with E-state index in [4.69, 9.17) is 0 Å². The van der Waals surface area contributed by atoms with Crippen LogP contribution in [-0.4, -0.2) is 41.9 Å². The summed E-state index contributed by atoms with van der Waals surface area (Å²) in [6, 6.07) is 17.2. The van der Waals surface area contributed by atoms with Gasteiger partial charge in [-0.3, -0.25) is 9.69 Å². The van der Waals surface area contributed by atoms with Crippen molar-refractivity contribution < 1.29 is 9.18 Å². The van der Waals surface area contributed by atoms with E-state index < -0.39 is 0 Å². The number of amides is 1. The van der Waals surface area contributed by atoms with E-state index in [1.54, 1.807) is 12.1 Å². The first-order valence-electron chi connectivity index (χ1n) is 8.86. The number of nitrogens with zero attached hydrogens (tertiary/aromatic N) is 2. The Morgan fingerprint density at radius 1 is 1.04 bits per heavy atom. The van der Waals surface area contributed by atoms with Gasteiger partial charge >= 0.3 is 0 Å². The molecule has 0 bridgehead atoms. The Bertz CT molecular complexity index is 745. The molecule has 4 rings (SSSR count). The molecule has 2 aliphatic rings. The largest absolute Gasteiger partial charge is 0.341 e. The number of benzene rings is 2. The first kappa shape index (κ1) is 16.3. The van der Waals surface area contributed by atoms with Gasteiger partial charge in [0, 0.05) is 37.6 Å². The summed E-state index contributed by atoms with van der Waals surface area (Å²) in [5, 5.41) is 0. The van der Waals surface area contributed by atoms with Crippen LogP contribution in [0.4, 0.5) is 4.39 Å². The van der Waals surface area contributed by atoms with Crippen LogP contribution in [0.3, 0.4) is 0 Å². The monoisotopic (exact) mass is 338 g/mol. The maximum atomic E-state index is 12.9. The second-order valence-corrected chi connectivity index (χ2v) is 7.54. The summed E-state index contributed by atoms with van der Waals surface area (Å²) in [5.74, 6) is -0.118. The molecule has 0 radical (unpaired) electrons. The van der Waals surface area contributed by atoms with Crippen molar-refractivity contribution in [3.63, 3.8) is 0 Å². The molecular weight excluding hydrogens is 315 g/mol. The van der Waals surface area contributed by atoms with E-state index in [-0.39, 0.29) is 11.7 Å². The van der Waals surface area contributed by atoms with E-state index in [0.717, 1.165) is 31.7 Å². The normalized spacial score (nSPS) is 20.0. The van der Waals surface area contributed by atoms with Crippen molar-refractivity contribution in [3.8, 4) is 0 Å². The van der Waals surface area contributed by atoms with Gasteiger partial charge < -0.3 is 4.90 Å². The summed E-state index contributed by atoms with van der Waals surface area (Å²) in [6.07, 6.45) is 0.362. The molecule has 0 aliphatic carbocycles. The number of carbonyl (C=O) groups is 1. The van der Waals surface area contributed by atoms with Gasteiger partial charge in [0.2, 0.25) is 5.91 Å². The second-order valence-electron chi connectivity index (χ2n) is 7.54. The maximum Gasteiger partial charge on any atom is 0.227 e. The van der Waals surface area contributed by atoms with Gasteiger partial charge in [-0.1, -0.05) is 42.5 Å². The van der Waals surface area contributed by atoms with Crippen LogP contribution in [0.2, 0.25) is 0 Å². The van der Waals surface area contributed by atoms with Crippen LogP contribution in [0.5, 0.6) is 0 Å². The average molecular weight is 338 g/mol. The van der Waals surface area contributed by atoms with Crippen molar-refractivity contribution in [2.24, 2.45) is 5.41 Å². The summed E-state index contributed by atoms with van der Waals surface area (Å²) in [5.41, 5.74) is 2.52. The Balaban J connectivity index is 1.27. The Morgan fingerprint density at radius 2 is 1.68 bits per heavy atom. The highest BCUT2D eigenvalue weighted by atomic mass is 19.1. The first-order chi connectivity index (χ1) is 12.0. The highest BCUT2D eigenvalue weighted by Gasteiger charge is 2.53. The standard InChI is InChI=1S/C21H23FN2O/c1-16(18-5-3-2-4-6-18)23-12-21(13-23)14-24(15-21)20(25)11-17-7-9-19(22)10-8-17/h2-10,16H,11-15H2,1H3. The minimum Gasteiger partial charge on any atom is -0.341 e. The lowest BCUT2D eigenvalue weighted by Gasteiger charge is -2.61. The van der Waals surface area contributed by atoms with Gasteiger partial charge in [0.1, 0.15) is 5.82 Å². The number of carbonyl (C=O) groups excluding carboxylic acids is 1. The molecule has 1 spiro atoms. The topological polar surface area (TPSA) is 23.6 Å². The number of hydrogen-bond donors (Lipinski definition) is 0. The SMILES string of the molecule is CC(c1ccccc1)N1CC2(CN(C(=O)Cc3ccc(F)cc3)C2)C1. The van der Waals surface area contributed by atoms with Gasteiger partial charge in [-0.2, -0.15) is 0 Å². The minimum atomic E-state index is -0.263. The van der Waals surface area contributed by atoms with Gasteiger partial charge in [0.25, 0.3) is 0 Å². The van der Waals surface area contributed by atoms with E-state index in [1.807, 2.05) is 11.0 Å². The maximum absolute atomic E-state index is 12.9. The predicted octanol–water partition coefficient (Wildman–Crippen LogP) is 3.27. The molecule has 3 nitrogen and oxygen atoms in total. The summed E-state index contributed by atoms with van der Waals surface area (Å²) in [6.45, 7) is 6.07. The molecule has 25 heavy (non-hydrogen) atoms. The summed E-state index contributed by atoms with van der Waals surface area (Å²) in [7, 11) is 0. The van der Waals surface area contributed by atoms with Crippen LogP contribution in [-0.2, 0) is 11.2 Å². The van der Waals surface area contributed by atoms with Gasteiger partial charge in [-0.05, 0) is 30.2 Å². The zero-order valence-electron chi connectivity index (χ0n) is 14.5. The lowest BCUT2D eigenvalue weighted by atomic mass is 9.71. The fourth-order valence-corrected chi connectivity index (χ4v) is 4.06. The summed E-state index contributed by atoms with van der Waals surface area (Å²) >= 11 is 0. The third kappa shape index (κ3) is 3.19. The van der Waals surface area contributed by atoms with Crippen LogP contribution >= 0.6 is 0 Å². The first-order valence-corrected chi connectivity index (χ1v) is 8.86. The molecule has 0 saturated carbocycles. The van der Waals surface area contributed by atoms with Crippen LogP contribution in [0, 0.1) is 11.2 Å². The predicted molar refractivity (Wildman–Crippen MR) is 95.5 cm³/mol. The van der Waals surface area contributed by atoms with E-state index >= 15 is 0 Å². The zero-order chi connectivity index (χ0) is 17.4. The van der Waals surface area contributed by atoms with Crippen molar-refractivity contribution in [3.05, 3.63) is 71.5 Å².